The third-order valence-corrected chi connectivity index (χ3v) is 6.00. The van der Waals surface area contributed by atoms with Crippen LogP contribution in [0.4, 0.5) is 0 Å². The lowest BCUT2D eigenvalue weighted by molar-refractivity contribution is 0.281. The Morgan fingerprint density at radius 2 is 2.15 bits per heavy atom. The maximum atomic E-state index is 12.6. The van der Waals surface area contributed by atoms with Crippen LogP contribution in [0.25, 0.3) is 0 Å². The Kier molecular flexibility index (Phi) is 4.71. The van der Waals surface area contributed by atoms with E-state index in [0.29, 0.717) is 18.7 Å². The van der Waals surface area contributed by atoms with E-state index >= 15 is 0 Å². The number of hydrogen-bond acceptors (Lipinski definition) is 4. The highest BCUT2D eigenvalue weighted by atomic mass is 35.5. The van der Waals surface area contributed by atoms with Gasteiger partial charge in [0.15, 0.2) is 0 Å². The highest BCUT2D eigenvalue weighted by molar-refractivity contribution is 7.89. The minimum absolute atomic E-state index is 0.0742. The van der Waals surface area contributed by atoms with Crippen molar-refractivity contribution in [1.29, 1.82) is 0 Å². The molecule has 1 atom stereocenters. The second kappa shape index (κ2) is 5.99. The molecule has 1 aromatic rings. The average Bonchev–Trinajstić information content (AvgIpc) is 2.89. The lowest BCUT2D eigenvalue weighted by atomic mass is 10.2. The van der Waals surface area contributed by atoms with Gasteiger partial charge < -0.3 is 10.0 Å². The monoisotopic (exact) mass is 318 g/mol. The smallest absolute Gasteiger partial charge is 0.244 e. The molecule has 1 N–H and O–H groups in total. The normalized spacial score (nSPS) is 20.8. The number of aliphatic hydroxyl groups is 1. The Balaban J connectivity index is 2.32. The number of hydrogen-bond donors (Lipinski definition) is 1. The highest BCUT2D eigenvalue weighted by Gasteiger charge is 2.34. The third-order valence-electron chi connectivity index (χ3n) is 3.65. The summed E-state index contributed by atoms with van der Waals surface area (Å²) in [5, 5.41) is 9.33. The maximum absolute atomic E-state index is 12.6. The van der Waals surface area contributed by atoms with Crippen molar-refractivity contribution in [3.63, 3.8) is 0 Å². The molecule has 1 unspecified atom stereocenters. The van der Waals surface area contributed by atoms with E-state index in [-0.39, 0.29) is 22.6 Å². The molecule has 1 fully saturated rings. The van der Waals surface area contributed by atoms with Crippen LogP contribution in [0, 0.1) is 0 Å². The lowest BCUT2D eigenvalue weighted by Gasteiger charge is -2.21. The van der Waals surface area contributed by atoms with Gasteiger partial charge in [-0.15, -0.1) is 0 Å². The van der Waals surface area contributed by atoms with E-state index in [1.807, 2.05) is 19.0 Å². The quantitative estimate of drug-likeness (QED) is 0.905. The fraction of sp³-hybridized carbons (Fsp3) is 0.538. The second-order valence-electron chi connectivity index (χ2n) is 5.19. The van der Waals surface area contributed by atoms with Gasteiger partial charge in [0.25, 0.3) is 0 Å². The van der Waals surface area contributed by atoms with Gasteiger partial charge in [0.1, 0.15) is 4.90 Å². The number of benzene rings is 1. The number of likely N-dealkylation sites (N-methyl/N-ethyl adjacent to an activating group) is 1. The van der Waals surface area contributed by atoms with E-state index in [1.165, 1.54) is 16.4 Å². The molecule has 1 aliphatic heterocycles. The Morgan fingerprint density at radius 1 is 1.45 bits per heavy atom. The van der Waals surface area contributed by atoms with Crippen molar-refractivity contribution in [2.75, 3.05) is 27.2 Å². The first-order valence-electron chi connectivity index (χ1n) is 6.42. The van der Waals surface area contributed by atoms with E-state index in [2.05, 4.69) is 0 Å². The molecule has 0 radical (unpaired) electrons. The SMILES string of the molecule is CN(C)C1CCN(S(=O)(=O)c2cc(CO)ccc2Cl)C1. The zero-order chi connectivity index (χ0) is 14.9. The molecule has 5 nitrogen and oxygen atoms in total. The zero-order valence-electron chi connectivity index (χ0n) is 11.6. The molecular formula is C13H19ClN2O3S. The van der Waals surface area contributed by atoms with Crippen molar-refractivity contribution in [2.45, 2.75) is 24.0 Å². The first kappa shape index (κ1) is 15.7. The summed E-state index contributed by atoms with van der Waals surface area (Å²) in [4.78, 5) is 2.10. The molecule has 7 heteroatoms. The second-order valence-corrected chi connectivity index (χ2v) is 7.51. The fourth-order valence-corrected chi connectivity index (χ4v) is 4.35. The molecule has 1 aromatic carbocycles. The molecule has 0 spiro atoms. The predicted octanol–water partition coefficient (Wildman–Crippen LogP) is 1.16. The Bertz CT molecular complexity index is 589. The number of nitrogens with zero attached hydrogens (tertiary/aromatic N) is 2. The van der Waals surface area contributed by atoms with Gasteiger partial charge in [0.2, 0.25) is 10.0 Å². The highest BCUT2D eigenvalue weighted by Crippen LogP contribution is 2.28. The summed E-state index contributed by atoms with van der Waals surface area (Å²) in [5.74, 6) is 0. The lowest BCUT2D eigenvalue weighted by Crippen LogP contribution is -2.34. The first-order chi connectivity index (χ1) is 9.36. The van der Waals surface area contributed by atoms with Gasteiger partial charge in [-0.2, -0.15) is 4.31 Å². The van der Waals surface area contributed by atoms with Crippen molar-refractivity contribution < 1.29 is 13.5 Å². The average molecular weight is 319 g/mol. The van der Waals surface area contributed by atoms with Crippen LogP contribution in [-0.4, -0.2) is 56.0 Å². The molecule has 20 heavy (non-hydrogen) atoms. The maximum Gasteiger partial charge on any atom is 0.244 e. The van der Waals surface area contributed by atoms with Crippen LogP contribution in [0.3, 0.4) is 0 Å². The molecule has 112 valence electrons. The molecule has 1 saturated heterocycles. The first-order valence-corrected chi connectivity index (χ1v) is 8.24. The molecule has 0 saturated carbocycles. The zero-order valence-corrected chi connectivity index (χ0v) is 13.2. The van der Waals surface area contributed by atoms with Crippen molar-refractivity contribution in [2.24, 2.45) is 0 Å². The number of halogens is 1. The largest absolute Gasteiger partial charge is 0.392 e. The van der Waals surface area contributed by atoms with Gasteiger partial charge in [-0.3, -0.25) is 0 Å². The summed E-state index contributed by atoms with van der Waals surface area (Å²) in [6.07, 6.45) is 0.809. The standard InChI is InChI=1S/C13H19ClN2O3S/c1-15(2)11-5-6-16(8-11)20(18,19)13-7-10(9-17)3-4-12(13)14/h3-4,7,11,17H,5-6,8-9H2,1-2H3. The van der Waals surface area contributed by atoms with Crippen LogP contribution in [0.2, 0.25) is 5.02 Å². The fourth-order valence-electron chi connectivity index (χ4n) is 2.33. The van der Waals surface area contributed by atoms with Crippen molar-refractivity contribution in [3.8, 4) is 0 Å². The van der Waals surface area contributed by atoms with Crippen LogP contribution >= 0.6 is 11.6 Å². The van der Waals surface area contributed by atoms with Crippen LogP contribution < -0.4 is 0 Å². The van der Waals surface area contributed by atoms with Crippen LogP contribution in [0.1, 0.15) is 12.0 Å². The summed E-state index contributed by atoms with van der Waals surface area (Å²) in [6.45, 7) is 0.750. The third kappa shape index (κ3) is 2.99. The molecular weight excluding hydrogens is 300 g/mol. The van der Waals surface area contributed by atoms with E-state index in [9.17, 15) is 8.42 Å². The number of rotatable bonds is 4. The van der Waals surface area contributed by atoms with E-state index in [4.69, 9.17) is 16.7 Å². The summed E-state index contributed by atoms with van der Waals surface area (Å²) in [7, 11) is 0.284. The van der Waals surface area contributed by atoms with Gasteiger partial charge in [0, 0.05) is 19.1 Å². The van der Waals surface area contributed by atoms with Gasteiger partial charge in [-0.1, -0.05) is 17.7 Å². The minimum Gasteiger partial charge on any atom is -0.392 e. The molecule has 0 amide bonds. The van der Waals surface area contributed by atoms with Gasteiger partial charge in [0.05, 0.1) is 11.6 Å². The van der Waals surface area contributed by atoms with Crippen molar-refractivity contribution in [3.05, 3.63) is 28.8 Å². The summed E-state index contributed by atoms with van der Waals surface area (Å²) < 4.78 is 26.7. The van der Waals surface area contributed by atoms with E-state index < -0.39 is 10.0 Å². The summed E-state index contributed by atoms with van der Waals surface area (Å²) >= 11 is 6.02. The molecule has 1 aliphatic rings. The van der Waals surface area contributed by atoms with Crippen LogP contribution in [-0.2, 0) is 16.6 Å². The predicted molar refractivity (Wildman–Crippen MR) is 78.2 cm³/mol. The topological polar surface area (TPSA) is 60.9 Å². The number of sulfonamides is 1. The van der Waals surface area contributed by atoms with Crippen LogP contribution in [0.5, 0.6) is 0 Å². The van der Waals surface area contributed by atoms with Gasteiger partial charge in [-0.25, -0.2) is 8.42 Å². The molecule has 0 aromatic heterocycles. The molecule has 1 heterocycles. The van der Waals surface area contributed by atoms with Gasteiger partial charge in [-0.05, 0) is 38.2 Å². The van der Waals surface area contributed by atoms with Crippen LogP contribution in [0.15, 0.2) is 23.1 Å². The summed E-state index contributed by atoms with van der Waals surface area (Å²) in [6, 6.07) is 4.80. The molecule has 0 aliphatic carbocycles. The Morgan fingerprint density at radius 3 is 2.70 bits per heavy atom. The van der Waals surface area contributed by atoms with Crippen molar-refractivity contribution >= 4 is 21.6 Å². The van der Waals surface area contributed by atoms with Gasteiger partial charge >= 0.3 is 0 Å². The number of aliphatic hydroxyl groups excluding tert-OH is 1. The Labute approximate surface area is 124 Å². The molecule has 2 rings (SSSR count). The molecule has 0 bridgehead atoms. The van der Waals surface area contributed by atoms with Crippen molar-refractivity contribution in [1.82, 2.24) is 9.21 Å². The van der Waals surface area contributed by atoms with E-state index in [1.54, 1.807) is 6.07 Å². The van der Waals surface area contributed by atoms with E-state index in [0.717, 1.165) is 6.42 Å². The summed E-state index contributed by atoms with van der Waals surface area (Å²) in [5.41, 5.74) is 0.538. The Hall–Kier alpha value is -0.660. The minimum atomic E-state index is -3.60.